The second kappa shape index (κ2) is 7.51. The Kier molecular flexibility index (Phi) is 6.76. The Bertz CT molecular complexity index is 334. The van der Waals surface area contributed by atoms with Crippen LogP contribution in [-0.2, 0) is 9.59 Å². The summed E-state index contributed by atoms with van der Waals surface area (Å²) < 4.78 is 0. The molecule has 8 nitrogen and oxygen atoms in total. The molecule has 1 unspecified atom stereocenters. The highest BCUT2D eigenvalue weighted by Gasteiger charge is 2.30. The molecule has 0 spiro atoms. The van der Waals surface area contributed by atoms with Crippen LogP contribution in [0, 0.1) is 0 Å². The predicted octanol–water partition coefficient (Wildman–Crippen LogP) is -1.27. The van der Waals surface area contributed by atoms with Crippen LogP contribution in [0.25, 0.3) is 0 Å². The van der Waals surface area contributed by atoms with Crippen molar-refractivity contribution < 1.29 is 19.8 Å². The van der Waals surface area contributed by atoms with Gasteiger partial charge in [0.25, 0.3) is 11.8 Å². The first-order valence-electron chi connectivity index (χ1n) is 5.23. The minimum absolute atomic E-state index is 0.556. The molecule has 0 rings (SSSR count). The summed E-state index contributed by atoms with van der Waals surface area (Å²) in [4.78, 5) is 22.6. The summed E-state index contributed by atoms with van der Waals surface area (Å²) in [5.74, 6) is -1.95. The van der Waals surface area contributed by atoms with Gasteiger partial charge in [0.1, 0.15) is 0 Å². The van der Waals surface area contributed by atoms with Crippen molar-refractivity contribution in [3.05, 3.63) is 0 Å². The van der Waals surface area contributed by atoms with E-state index in [-0.39, 0.29) is 0 Å². The molecule has 18 heavy (non-hydrogen) atoms. The number of amides is 2. The topological polar surface area (TPSA) is 123 Å². The SMILES string of the molecule is CC(C)=NNC(=O)C(O)[C@@H](O)C(=O)NN=C(C)C. The number of nitrogens with zero attached hydrogens (tertiary/aromatic N) is 2. The van der Waals surface area contributed by atoms with Crippen LogP contribution in [-0.4, -0.2) is 45.7 Å². The highest BCUT2D eigenvalue weighted by atomic mass is 16.3. The van der Waals surface area contributed by atoms with E-state index in [1.165, 1.54) is 0 Å². The molecule has 102 valence electrons. The maximum Gasteiger partial charge on any atom is 0.272 e. The third-order valence-electron chi connectivity index (χ3n) is 1.62. The Balaban J connectivity index is 4.45. The Labute approximate surface area is 105 Å². The van der Waals surface area contributed by atoms with Crippen LogP contribution in [0.3, 0.4) is 0 Å². The fourth-order valence-electron chi connectivity index (χ4n) is 0.753. The van der Waals surface area contributed by atoms with Crippen LogP contribution in [0.2, 0.25) is 0 Å². The molecule has 0 aromatic carbocycles. The molecule has 0 saturated heterocycles. The van der Waals surface area contributed by atoms with Crippen molar-refractivity contribution in [3.63, 3.8) is 0 Å². The lowest BCUT2D eigenvalue weighted by atomic mass is 10.2. The molecule has 4 N–H and O–H groups in total. The second-order valence-corrected chi connectivity index (χ2v) is 3.96. The van der Waals surface area contributed by atoms with Crippen LogP contribution < -0.4 is 10.9 Å². The smallest absolute Gasteiger partial charge is 0.272 e. The molecule has 0 radical (unpaired) electrons. The highest BCUT2D eigenvalue weighted by Crippen LogP contribution is 1.95. The summed E-state index contributed by atoms with van der Waals surface area (Å²) in [5, 5.41) is 25.9. The second-order valence-electron chi connectivity index (χ2n) is 3.96. The number of aliphatic hydroxyl groups excluding tert-OH is 2. The summed E-state index contributed by atoms with van der Waals surface area (Å²) >= 11 is 0. The van der Waals surface area contributed by atoms with Crippen molar-refractivity contribution in [2.75, 3.05) is 0 Å². The van der Waals surface area contributed by atoms with E-state index < -0.39 is 24.0 Å². The van der Waals surface area contributed by atoms with Gasteiger partial charge in [-0.25, -0.2) is 10.9 Å². The van der Waals surface area contributed by atoms with Gasteiger partial charge in [0.05, 0.1) is 0 Å². The van der Waals surface area contributed by atoms with Crippen LogP contribution in [0.15, 0.2) is 10.2 Å². The number of rotatable bonds is 5. The molecule has 0 heterocycles. The molecule has 2 amide bonds. The summed E-state index contributed by atoms with van der Waals surface area (Å²) in [6.45, 7) is 6.53. The van der Waals surface area contributed by atoms with Gasteiger partial charge in [0.2, 0.25) is 0 Å². The molecule has 0 aliphatic rings. The summed E-state index contributed by atoms with van der Waals surface area (Å²) in [5.41, 5.74) is 5.12. The number of hydrazone groups is 2. The first-order valence-corrected chi connectivity index (χ1v) is 5.23. The van der Waals surface area contributed by atoms with E-state index in [0.717, 1.165) is 0 Å². The number of hydrogen-bond donors (Lipinski definition) is 4. The van der Waals surface area contributed by atoms with E-state index in [0.29, 0.717) is 11.4 Å². The average Bonchev–Trinajstić information content (AvgIpc) is 2.30. The maximum atomic E-state index is 11.3. The molecule has 0 saturated carbocycles. The molecule has 0 aliphatic heterocycles. The normalized spacial score (nSPS) is 13.0. The molecule has 0 bridgehead atoms. The minimum Gasteiger partial charge on any atom is -0.380 e. The van der Waals surface area contributed by atoms with Crippen molar-refractivity contribution in [2.45, 2.75) is 39.9 Å². The predicted molar refractivity (Wildman–Crippen MR) is 65.9 cm³/mol. The Hall–Kier alpha value is -1.80. The number of aliphatic hydroxyl groups is 2. The fraction of sp³-hybridized carbons (Fsp3) is 0.600. The van der Waals surface area contributed by atoms with Crippen molar-refractivity contribution in [3.8, 4) is 0 Å². The Morgan fingerprint density at radius 2 is 1.11 bits per heavy atom. The van der Waals surface area contributed by atoms with Crippen LogP contribution in [0.4, 0.5) is 0 Å². The first-order chi connectivity index (χ1) is 8.25. The maximum absolute atomic E-state index is 11.3. The van der Waals surface area contributed by atoms with E-state index in [9.17, 15) is 19.8 Å². The van der Waals surface area contributed by atoms with Gasteiger partial charge in [0, 0.05) is 11.4 Å². The third-order valence-corrected chi connectivity index (χ3v) is 1.62. The van der Waals surface area contributed by atoms with E-state index >= 15 is 0 Å². The van der Waals surface area contributed by atoms with Crippen LogP contribution in [0.1, 0.15) is 27.7 Å². The standard InChI is InChI=1S/C10H18N4O4/c1-5(2)11-13-9(17)7(15)8(16)10(18)14-12-6(3)4/h7-8,15-16H,1-4H3,(H,13,17)(H,14,18)/t7-,8?/m1/s1. The molecule has 2 atom stereocenters. The van der Waals surface area contributed by atoms with Crippen molar-refractivity contribution in [2.24, 2.45) is 10.2 Å². The van der Waals surface area contributed by atoms with E-state index in [1.807, 2.05) is 10.9 Å². The van der Waals surface area contributed by atoms with Crippen molar-refractivity contribution in [1.82, 2.24) is 10.9 Å². The Morgan fingerprint density at radius 3 is 1.33 bits per heavy atom. The van der Waals surface area contributed by atoms with Gasteiger partial charge in [-0.3, -0.25) is 9.59 Å². The van der Waals surface area contributed by atoms with Gasteiger partial charge in [0.15, 0.2) is 12.2 Å². The highest BCUT2D eigenvalue weighted by molar-refractivity contribution is 5.92. The van der Waals surface area contributed by atoms with Gasteiger partial charge in [-0.15, -0.1) is 0 Å². The molecule has 8 heteroatoms. The summed E-state index contributed by atoms with van der Waals surface area (Å²) in [7, 11) is 0. The fourth-order valence-corrected chi connectivity index (χ4v) is 0.753. The van der Waals surface area contributed by atoms with E-state index in [2.05, 4.69) is 10.2 Å². The molecular formula is C10H18N4O4. The molecule has 0 fully saturated rings. The summed E-state index contributed by atoms with van der Waals surface area (Å²) in [6.07, 6.45) is -3.83. The quantitative estimate of drug-likeness (QED) is 0.362. The molecular weight excluding hydrogens is 240 g/mol. The molecule has 0 aromatic rings. The Morgan fingerprint density at radius 1 is 0.833 bits per heavy atom. The number of carbonyl (C=O) groups is 2. The molecule has 0 aromatic heterocycles. The number of hydrogen-bond acceptors (Lipinski definition) is 6. The molecule has 0 aliphatic carbocycles. The van der Waals surface area contributed by atoms with Gasteiger partial charge < -0.3 is 10.2 Å². The van der Waals surface area contributed by atoms with Gasteiger partial charge in [-0.1, -0.05) is 0 Å². The monoisotopic (exact) mass is 258 g/mol. The van der Waals surface area contributed by atoms with E-state index in [1.54, 1.807) is 27.7 Å². The summed E-state index contributed by atoms with van der Waals surface area (Å²) in [6, 6.07) is 0. The first kappa shape index (κ1) is 16.2. The van der Waals surface area contributed by atoms with Crippen molar-refractivity contribution in [1.29, 1.82) is 0 Å². The number of carbonyl (C=O) groups excluding carboxylic acids is 2. The number of nitrogens with one attached hydrogen (secondary N) is 2. The lowest BCUT2D eigenvalue weighted by molar-refractivity contribution is -0.146. The van der Waals surface area contributed by atoms with Gasteiger partial charge in [-0.2, -0.15) is 10.2 Å². The minimum atomic E-state index is -1.92. The zero-order valence-corrected chi connectivity index (χ0v) is 10.8. The third kappa shape index (κ3) is 6.06. The van der Waals surface area contributed by atoms with Crippen LogP contribution in [0.5, 0.6) is 0 Å². The average molecular weight is 258 g/mol. The van der Waals surface area contributed by atoms with E-state index in [4.69, 9.17) is 0 Å². The van der Waals surface area contributed by atoms with Crippen LogP contribution >= 0.6 is 0 Å². The largest absolute Gasteiger partial charge is 0.380 e. The van der Waals surface area contributed by atoms with Crippen molar-refractivity contribution >= 4 is 23.2 Å². The zero-order valence-electron chi connectivity index (χ0n) is 10.8. The lowest BCUT2D eigenvalue weighted by Gasteiger charge is -2.14. The van der Waals surface area contributed by atoms with Gasteiger partial charge >= 0.3 is 0 Å². The lowest BCUT2D eigenvalue weighted by Crippen LogP contribution is -2.47. The zero-order chi connectivity index (χ0) is 14.3. The van der Waals surface area contributed by atoms with Gasteiger partial charge in [-0.05, 0) is 27.7 Å².